The molecule has 10 nitrogen and oxygen atoms in total. The Morgan fingerprint density at radius 2 is 1.78 bits per heavy atom. The molecule has 0 radical (unpaired) electrons. The van der Waals surface area contributed by atoms with Gasteiger partial charge >= 0.3 is 5.97 Å². The molecule has 3 aliphatic rings. The number of carbonyl (C=O) groups excluding carboxylic acids is 4. The van der Waals surface area contributed by atoms with E-state index in [-0.39, 0.29) is 48.6 Å². The second-order valence-electron chi connectivity index (χ2n) is 17.0. The molecule has 1 aromatic rings. The highest BCUT2D eigenvalue weighted by atomic mass is 16.6. The average Bonchev–Trinajstić information content (AvgIpc) is 3.70. The second kappa shape index (κ2) is 16.0. The zero-order valence-corrected chi connectivity index (χ0v) is 32.0. The summed E-state index contributed by atoms with van der Waals surface area (Å²) in [6.07, 6.45) is 4.75. The molecule has 10 heteroatoms. The van der Waals surface area contributed by atoms with Crippen LogP contribution in [0.5, 0.6) is 0 Å². The average molecular weight is 708 g/mol. The lowest BCUT2D eigenvalue weighted by molar-refractivity contribution is -0.163. The van der Waals surface area contributed by atoms with Crippen molar-refractivity contribution in [3.05, 3.63) is 61.2 Å². The molecule has 0 aliphatic carbocycles. The quantitative estimate of drug-likeness (QED) is 0.156. The Balaban J connectivity index is 1.75. The molecule has 8 atom stereocenters. The highest BCUT2D eigenvalue weighted by Gasteiger charge is 2.76. The number of likely N-dealkylation sites (tertiary alicyclic amines) is 1. The van der Waals surface area contributed by atoms with Gasteiger partial charge in [0, 0.05) is 18.5 Å². The van der Waals surface area contributed by atoms with Crippen molar-refractivity contribution in [3.8, 4) is 0 Å². The van der Waals surface area contributed by atoms with Crippen LogP contribution in [0.15, 0.2) is 55.6 Å². The van der Waals surface area contributed by atoms with Crippen molar-refractivity contribution in [2.45, 2.75) is 135 Å². The number of rotatable bonds is 17. The molecular weight excluding hydrogens is 646 g/mol. The van der Waals surface area contributed by atoms with Crippen LogP contribution in [-0.4, -0.2) is 87.1 Å². The third-order valence-corrected chi connectivity index (χ3v) is 10.7. The number of ether oxygens (including phenoxy) is 2. The lowest BCUT2D eigenvalue weighted by Gasteiger charge is -2.46. The fourth-order valence-electron chi connectivity index (χ4n) is 9.10. The van der Waals surface area contributed by atoms with Crippen molar-refractivity contribution in [2.75, 3.05) is 13.2 Å². The summed E-state index contributed by atoms with van der Waals surface area (Å²) in [6, 6.07) is 6.95. The van der Waals surface area contributed by atoms with Crippen LogP contribution in [-0.2, 0) is 28.7 Å². The smallest absolute Gasteiger partial charge is 0.313 e. The van der Waals surface area contributed by atoms with Gasteiger partial charge in [-0.05, 0) is 69.8 Å². The SMILES string of the molecule is C=CCCC(=O)N[C@H](C)[C@@H](OC(=O)[C@@H]1[C@H]2C(=O)N([C@@H](CO)CC(C)C)[C@H](C(=O)N(CC=C)C(C)(C)CC(C)(C)C)[C@]23CC[C@H]1O3)c1ccccc1. The Bertz CT molecular complexity index is 1440. The number of nitrogens with zero attached hydrogens (tertiary/aromatic N) is 2. The van der Waals surface area contributed by atoms with E-state index in [0.717, 1.165) is 0 Å². The number of allylic oxidation sites excluding steroid dienone is 1. The lowest BCUT2D eigenvalue weighted by Crippen LogP contribution is -2.62. The minimum atomic E-state index is -1.27. The van der Waals surface area contributed by atoms with Crippen LogP contribution in [0.4, 0.5) is 0 Å². The molecule has 2 bridgehead atoms. The highest BCUT2D eigenvalue weighted by molar-refractivity contribution is 5.98. The number of amides is 3. The van der Waals surface area contributed by atoms with Gasteiger partial charge in [0.1, 0.15) is 17.7 Å². The number of aliphatic hydroxyl groups is 1. The normalized spacial score (nSPS) is 26.0. The summed E-state index contributed by atoms with van der Waals surface area (Å²) in [6.45, 7) is 23.8. The molecule has 0 aromatic heterocycles. The van der Waals surface area contributed by atoms with E-state index in [1.54, 1.807) is 28.9 Å². The first-order chi connectivity index (χ1) is 23.9. The van der Waals surface area contributed by atoms with Gasteiger partial charge in [0.25, 0.3) is 0 Å². The van der Waals surface area contributed by atoms with E-state index < -0.39 is 59.3 Å². The van der Waals surface area contributed by atoms with Gasteiger partial charge in [-0.15, -0.1) is 13.2 Å². The number of fused-ring (bicyclic) bond motifs is 1. The monoisotopic (exact) mass is 707 g/mol. The number of benzene rings is 1. The maximum Gasteiger partial charge on any atom is 0.313 e. The molecule has 3 saturated heterocycles. The van der Waals surface area contributed by atoms with Gasteiger partial charge in [0.2, 0.25) is 17.7 Å². The van der Waals surface area contributed by atoms with Crippen LogP contribution < -0.4 is 5.32 Å². The maximum absolute atomic E-state index is 15.1. The third kappa shape index (κ3) is 8.43. The summed E-state index contributed by atoms with van der Waals surface area (Å²) in [5.74, 6) is -3.24. The molecule has 0 saturated carbocycles. The van der Waals surface area contributed by atoms with E-state index >= 15 is 4.79 Å². The summed E-state index contributed by atoms with van der Waals surface area (Å²) in [5.41, 5.74) is -1.28. The zero-order valence-electron chi connectivity index (χ0n) is 32.0. The lowest BCUT2D eigenvalue weighted by atomic mass is 9.70. The van der Waals surface area contributed by atoms with Gasteiger partial charge < -0.3 is 29.7 Å². The first-order valence-corrected chi connectivity index (χ1v) is 18.6. The summed E-state index contributed by atoms with van der Waals surface area (Å²) in [7, 11) is 0. The van der Waals surface area contributed by atoms with Crippen LogP contribution in [0.2, 0.25) is 0 Å². The van der Waals surface area contributed by atoms with Crippen molar-refractivity contribution in [3.63, 3.8) is 0 Å². The fraction of sp³-hybridized carbons (Fsp3) is 0.659. The summed E-state index contributed by atoms with van der Waals surface area (Å²) in [5, 5.41) is 13.7. The molecule has 1 spiro atoms. The molecule has 3 aliphatic heterocycles. The largest absolute Gasteiger partial charge is 0.455 e. The van der Waals surface area contributed by atoms with Gasteiger partial charge in [-0.25, -0.2) is 0 Å². The molecule has 0 unspecified atom stereocenters. The summed E-state index contributed by atoms with van der Waals surface area (Å²) >= 11 is 0. The molecule has 3 heterocycles. The molecule has 282 valence electrons. The predicted octanol–water partition coefficient (Wildman–Crippen LogP) is 5.75. The summed E-state index contributed by atoms with van der Waals surface area (Å²) < 4.78 is 13.0. The molecule has 51 heavy (non-hydrogen) atoms. The number of nitrogens with one attached hydrogen (secondary N) is 1. The number of esters is 1. The van der Waals surface area contributed by atoms with E-state index in [1.807, 2.05) is 58.0 Å². The molecular formula is C41H61N3O7. The first-order valence-electron chi connectivity index (χ1n) is 18.6. The molecule has 3 amide bonds. The topological polar surface area (TPSA) is 125 Å². The molecule has 4 rings (SSSR count). The number of aliphatic hydroxyl groups excluding tert-OH is 1. The van der Waals surface area contributed by atoms with Gasteiger partial charge in [-0.2, -0.15) is 0 Å². The van der Waals surface area contributed by atoms with Crippen molar-refractivity contribution in [1.29, 1.82) is 0 Å². The van der Waals surface area contributed by atoms with Crippen molar-refractivity contribution < 1.29 is 33.8 Å². The second-order valence-corrected chi connectivity index (χ2v) is 17.0. The maximum atomic E-state index is 15.1. The van der Waals surface area contributed by atoms with Crippen molar-refractivity contribution in [2.24, 2.45) is 23.2 Å². The van der Waals surface area contributed by atoms with Crippen LogP contribution >= 0.6 is 0 Å². The highest BCUT2D eigenvalue weighted by Crippen LogP contribution is 2.60. The van der Waals surface area contributed by atoms with Crippen LogP contribution in [0, 0.1) is 23.2 Å². The minimum Gasteiger partial charge on any atom is -0.455 e. The van der Waals surface area contributed by atoms with Crippen molar-refractivity contribution in [1.82, 2.24) is 15.1 Å². The predicted molar refractivity (Wildman–Crippen MR) is 197 cm³/mol. The number of hydrogen-bond donors (Lipinski definition) is 2. The molecule has 3 fully saturated rings. The molecule has 1 aromatic carbocycles. The minimum absolute atomic E-state index is 0.102. The van der Waals surface area contributed by atoms with E-state index in [9.17, 15) is 19.5 Å². The zero-order chi connectivity index (χ0) is 37.9. The third-order valence-electron chi connectivity index (χ3n) is 10.7. The van der Waals surface area contributed by atoms with Gasteiger partial charge in [-0.1, -0.05) is 77.1 Å². The fourth-order valence-corrected chi connectivity index (χ4v) is 9.10. The van der Waals surface area contributed by atoms with Crippen LogP contribution in [0.1, 0.15) is 106 Å². The van der Waals surface area contributed by atoms with Crippen molar-refractivity contribution >= 4 is 23.7 Å². The Morgan fingerprint density at radius 3 is 2.35 bits per heavy atom. The molecule has 2 N–H and O–H groups in total. The van der Waals surface area contributed by atoms with E-state index in [1.165, 1.54) is 0 Å². The Morgan fingerprint density at radius 1 is 1.12 bits per heavy atom. The Hall–Kier alpha value is -3.50. The van der Waals surface area contributed by atoms with Gasteiger partial charge in [-0.3, -0.25) is 19.2 Å². The standard InChI is InChI=1S/C41H61N3O7/c1-11-13-19-31(46)42-27(5)34(28-17-15-14-16-18-28)50-38(49)32-30-20-21-41(51-30)33(32)36(47)44(29(24-45)23-26(3)4)35(41)37(48)43(22-12-2)40(9,10)25-39(6,7)8/h11-12,14-18,26-27,29-30,32-35,45H,1-2,13,19-25H2,3-10H3,(H,42,46)/t27-,29-,30-,32+,33+,34-,35-,41+/m1/s1. The van der Waals surface area contributed by atoms with E-state index in [0.29, 0.717) is 37.7 Å². The first kappa shape index (κ1) is 40.3. The number of hydrogen-bond acceptors (Lipinski definition) is 7. The Kier molecular flexibility index (Phi) is 12.7. The number of carbonyl (C=O) groups is 4. The van der Waals surface area contributed by atoms with E-state index in [2.05, 4.69) is 39.2 Å². The van der Waals surface area contributed by atoms with Crippen LogP contribution in [0.25, 0.3) is 0 Å². The van der Waals surface area contributed by atoms with Gasteiger partial charge in [0.05, 0.1) is 36.6 Å². The van der Waals surface area contributed by atoms with Crippen LogP contribution in [0.3, 0.4) is 0 Å². The van der Waals surface area contributed by atoms with E-state index in [4.69, 9.17) is 9.47 Å². The summed E-state index contributed by atoms with van der Waals surface area (Å²) in [4.78, 5) is 60.5. The Labute approximate surface area is 305 Å². The van der Waals surface area contributed by atoms with Gasteiger partial charge in [0.15, 0.2) is 0 Å².